The number of rotatable bonds is 4. The Bertz CT molecular complexity index is 322. The van der Waals surface area contributed by atoms with Crippen LogP contribution in [0.15, 0.2) is 16.6 Å². The quantitative estimate of drug-likeness (QED) is 0.169. The normalized spacial score (nSPS) is 15.7. The second-order valence-corrected chi connectivity index (χ2v) is 2.34. The molecule has 0 fully saturated rings. The number of carbonyl (C=O) groups is 1. The molecule has 0 unspecified atom stereocenters. The van der Waals surface area contributed by atoms with E-state index in [1.54, 1.807) is 0 Å². The van der Waals surface area contributed by atoms with E-state index in [-0.39, 0.29) is 17.2 Å². The first-order chi connectivity index (χ1) is 7.15. The largest absolute Gasteiger partial charge is 0.476 e. The van der Waals surface area contributed by atoms with Crippen LogP contribution in [0.4, 0.5) is 0 Å². The Kier molecular flexibility index (Phi) is 3.25. The molecule has 0 aromatic rings. The molecule has 1 rings (SSSR count). The van der Waals surface area contributed by atoms with Gasteiger partial charge in [-0.05, 0) is 0 Å². The monoisotopic (exact) mass is 217 g/mol. The van der Waals surface area contributed by atoms with Crippen LogP contribution in [0.2, 0.25) is 0 Å². The smallest absolute Gasteiger partial charge is 0.358 e. The van der Waals surface area contributed by atoms with E-state index in [4.69, 9.17) is 22.6 Å². The fraction of sp³-hybridized carbons (Fsp3) is 0. The highest BCUT2D eigenvalue weighted by molar-refractivity contribution is 6.42. The highest BCUT2D eigenvalue weighted by Crippen LogP contribution is 2.06. The highest BCUT2D eigenvalue weighted by Gasteiger charge is 2.26. The summed E-state index contributed by atoms with van der Waals surface area (Å²) in [6.45, 7) is 0. The lowest BCUT2D eigenvalue weighted by Crippen LogP contribution is -2.58. The minimum Gasteiger partial charge on any atom is -0.476 e. The standard InChI is InChI=1S/C4H11N9O2/c5-8-1-2(4(14)15)10-12-13(11-7)3(1)9-6/h8-9,11-12H,5-7H2,(H,14,15). The van der Waals surface area contributed by atoms with Crippen LogP contribution in [0.3, 0.4) is 0 Å². The van der Waals surface area contributed by atoms with Crippen LogP contribution in [-0.4, -0.2) is 21.9 Å². The Morgan fingerprint density at radius 2 is 2.07 bits per heavy atom. The molecule has 1 heterocycles. The zero-order chi connectivity index (χ0) is 11.4. The molecule has 0 saturated carbocycles. The van der Waals surface area contributed by atoms with E-state index < -0.39 is 5.97 Å². The van der Waals surface area contributed by atoms with Crippen LogP contribution in [0.25, 0.3) is 0 Å². The molecule has 1 aliphatic rings. The van der Waals surface area contributed by atoms with Crippen molar-refractivity contribution in [2.24, 2.45) is 22.6 Å². The molecule has 84 valence electrons. The maximum Gasteiger partial charge on any atom is 0.358 e. The molecular weight excluding hydrogens is 206 g/mol. The number of hydrazine groups is 5. The van der Waals surface area contributed by atoms with E-state index in [2.05, 4.69) is 27.0 Å². The number of nitrogens with zero attached hydrogens (tertiary/aromatic N) is 2. The highest BCUT2D eigenvalue weighted by atomic mass is 16.4. The van der Waals surface area contributed by atoms with Crippen LogP contribution >= 0.6 is 0 Å². The number of aliphatic carboxylic acids is 1. The number of carboxylic acids is 1. The van der Waals surface area contributed by atoms with Crippen molar-refractivity contribution in [3.05, 3.63) is 11.5 Å². The number of hydrazone groups is 1. The Morgan fingerprint density at radius 1 is 1.40 bits per heavy atom. The summed E-state index contributed by atoms with van der Waals surface area (Å²) < 4.78 is 0. The summed E-state index contributed by atoms with van der Waals surface area (Å²) in [6, 6.07) is 0. The zero-order valence-electron chi connectivity index (χ0n) is 7.48. The second-order valence-electron chi connectivity index (χ2n) is 2.34. The predicted octanol–water partition coefficient (Wildman–Crippen LogP) is -4.28. The fourth-order valence-corrected chi connectivity index (χ4v) is 0.951. The van der Waals surface area contributed by atoms with Gasteiger partial charge in [-0.1, -0.05) is 0 Å². The SMILES string of the molecule is NNC1=C(NN)N(NN)NN=C1C(=O)O. The van der Waals surface area contributed by atoms with Crippen molar-refractivity contribution in [3.8, 4) is 0 Å². The maximum atomic E-state index is 10.7. The van der Waals surface area contributed by atoms with Crippen molar-refractivity contribution in [1.29, 1.82) is 0 Å². The van der Waals surface area contributed by atoms with Gasteiger partial charge in [0.1, 0.15) is 5.70 Å². The molecule has 1 aliphatic heterocycles. The van der Waals surface area contributed by atoms with Gasteiger partial charge >= 0.3 is 5.97 Å². The molecule has 11 nitrogen and oxygen atoms in total. The summed E-state index contributed by atoms with van der Waals surface area (Å²) in [5, 5.41) is 13.3. The fourth-order valence-electron chi connectivity index (χ4n) is 0.951. The zero-order valence-corrected chi connectivity index (χ0v) is 7.48. The number of nitrogens with one attached hydrogen (secondary N) is 4. The van der Waals surface area contributed by atoms with E-state index >= 15 is 0 Å². The van der Waals surface area contributed by atoms with Gasteiger partial charge in [-0.2, -0.15) is 5.12 Å². The van der Waals surface area contributed by atoms with E-state index in [1.807, 2.05) is 0 Å². The molecule has 15 heavy (non-hydrogen) atoms. The van der Waals surface area contributed by atoms with Gasteiger partial charge in [0.2, 0.25) is 0 Å². The lowest BCUT2D eigenvalue weighted by molar-refractivity contribution is -0.129. The molecule has 0 aliphatic carbocycles. The average Bonchev–Trinajstić information content (AvgIpc) is 2.26. The summed E-state index contributed by atoms with van der Waals surface area (Å²) in [4.78, 5) is 10.7. The van der Waals surface area contributed by atoms with Crippen LogP contribution in [-0.2, 0) is 4.79 Å². The Hall–Kier alpha value is -2.08. The Morgan fingerprint density at radius 3 is 2.47 bits per heavy atom. The number of hydrogen-bond acceptors (Lipinski definition) is 10. The maximum absolute atomic E-state index is 10.7. The van der Waals surface area contributed by atoms with E-state index in [0.717, 1.165) is 5.12 Å². The summed E-state index contributed by atoms with van der Waals surface area (Å²) in [5.74, 6) is 14.2. The van der Waals surface area contributed by atoms with E-state index in [9.17, 15) is 4.79 Å². The molecule has 11 heteroatoms. The van der Waals surface area contributed by atoms with Gasteiger partial charge in [0, 0.05) is 0 Å². The number of nitrogens with two attached hydrogens (primary N) is 3. The molecule has 0 bridgehead atoms. The Balaban J connectivity index is 3.12. The third kappa shape index (κ3) is 1.89. The van der Waals surface area contributed by atoms with Gasteiger partial charge in [-0.15, -0.1) is 10.6 Å². The topological polar surface area (TPSA) is 179 Å². The summed E-state index contributed by atoms with van der Waals surface area (Å²) in [6.07, 6.45) is 0. The molecule has 0 aromatic heterocycles. The minimum absolute atomic E-state index is 0.0262. The van der Waals surface area contributed by atoms with Crippen LogP contribution < -0.4 is 39.4 Å². The molecule has 0 radical (unpaired) electrons. The molecule has 0 amide bonds. The van der Waals surface area contributed by atoms with Gasteiger partial charge in [-0.25, -0.2) is 16.2 Å². The predicted molar refractivity (Wildman–Crippen MR) is 49.0 cm³/mol. The van der Waals surface area contributed by atoms with Gasteiger partial charge in [0.05, 0.1) is 0 Å². The lowest BCUT2D eigenvalue weighted by Gasteiger charge is -2.29. The van der Waals surface area contributed by atoms with Gasteiger partial charge in [-0.3, -0.25) is 11.7 Å². The minimum atomic E-state index is -1.28. The third-order valence-electron chi connectivity index (χ3n) is 1.57. The summed E-state index contributed by atoms with van der Waals surface area (Å²) in [7, 11) is 0. The van der Waals surface area contributed by atoms with Gasteiger partial charge in [0.25, 0.3) is 0 Å². The molecule has 0 aromatic carbocycles. The van der Waals surface area contributed by atoms with Gasteiger partial charge < -0.3 is 16.0 Å². The molecule has 0 saturated heterocycles. The molecule has 11 N–H and O–H groups in total. The second kappa shape index (κ2) is 4.43. The first-order valence-electron chi connectivity index (χ1n) is 3.66. The van der Waals surface area contributed by atoms with Crippen LogP contribution in [0.5, 0.6) is 0 Å². The number of hydrogen-bond donors (Lipinski definition) is 8. The first-order valence-corrected chi connectivity index (χ1v) is 3.66. The number of carboxylic acid groups (broad SMARTS) is 1. The van der Waals surface area contributed by atoms with Crippen molar-refractivity contribution in [2.75, 3.05) is 0 Å². The lowest BCUT2D eigenvalue weighted by atomic mass is 10.2. The van der Waals surface area contributed by atoms with Crippen LogP contribution in [0.1, 0.15) is 0 Å². The van der Waals surface area contributed by atoms with Crippen molar-refractivity contribution < 1.29 is 9.90 Å². The van der Waals surface area contributed by atoms with Crippen molar-refractivity contribution in [2.45, 2.75) is 0 Å². The summed E-state index contributed by atoms with van der Waals surface area (Å²) >= 11 is 0. The van der Waals surface area contributed by atoms with Crippen molar-refractivity contribution >= 4 is 11.7 Å². The van der Waals surface area contributed by atoms with Crippen molar-refractivity contribution in [1.82, 2.24) is 27.0 Å². The van der Waals surface area contributed by atoms with Crippen molar-refractivity contribution in [3.63, 3.8) is 0 Å². The van der Waals surface area contributed by atoms with Gasteiger partial charge in [0.15, 0.2) is 11.5 Å². The molecule has 0 atom stereocenters. The third-order valence-corrected chi connectivity index (χ3v) is 1.57. The average molecular weight is 217 g/mol. The Labute approximate surface area is 83.8 Å². The molecule has 0 spiro atoms. The first kappa shape index (κ1) is 11.0. The van der Waals surface area contributed by atoms with Crippen LogP contribution in [0, 0.1) is 0 Å². The summed E-state index contributed by atoms with van der Waals surface area (Å²) in [5.41, 5.74) is 8.42. The molecular formula is C4H11N9O2. The van der Waals surface area contributed by atoms with E-state index in [0.29, 0.717) is 0 Å². The van der Waals surface area contributed by atoms with E-state index in [1.165, 1.54) is 0 Å².